The fraction of sp³-hybridized carbons (Fsp3) is 0.455. The van der Waals surface area contributed by atoms with Crippen molar-refractivity contribution in [2.75, 3.05) is 6.61 Å². The molecule has 0 saturated heterocycles. The number of hydrogen-bond acceptors (Lipinski definition) is 1. The van der Waals surface area contributed by atoms with Gasteiger partial charge in [0, 0.05) is 6.61 Å². The highest BCUT2D eigenvalue weighted by Crippen LogP contribution is 2.12. The lowest BCUT2D eigenvalue weighted by atomic mass is 9.98. The summed E-state index contributed by atoms with van der Waals surface area (Å²) in [4.78, 5) is 0. The molecule has 0 bridgehead atoms. The average Bonchev–Trinajstić information content (AvgIpc) is 2.17. The molecule has 0 aliphatic rings. The molecule has 0 aromatic heterocycles. The van der Waals surface area contributed by atoms with Crippen molar-refractivity contribution >= 4 is 0 Å². The van der Waals surface area contributed by atoms with Gasteiger partial charge in [0.05, 0.1) is 0 Å². The maximum atomic E-state index is 12.5. The summed E-state index contributed by atoms with van der Waals surface area (Å²) in [7, 11) is 0. The van der Waals surface area contributed by atoms with E-state index < -0.39 is 0 Å². The lowest BCUT2D eigenvalue weighted by molar-refractivity contribution is 0.222. The maximum Gasteiger partial charge on any atom is 0.123 e. The summed E-state index contributed by atoms with van der Waals surface area (Å²) in [6.45, 7) is 2.25. The van der Waals surface area contributed by atoms with Crippen LogP contribution in [0.1, 0.15) is 18.9 Å². The highest BCUT2D eigenvalue weighted by molar-refractivity contribution is 5.16. The van der Waals surface area contributed by atoms with Crippen LogP contribution in [0.2, 0.25) is 0 Å². The van der Waals surface area contributed by atoms with Crippen LogP contribution in [0.15, 0.2) is 24.3 Å². The maximum absolute atomic E-state index is 12.5. The van der Waals surface area contributed by atoms with Crippen molar-refractivity contribution in [3.8, 4) is 0 Å². The van der Waals surface area contributed by atoms with Gasteiger partial charge >= 0.3 is 0 Å². The first-order valence-electron chi connectivity index (χ1n) is 4.61. The molecule has 2 heteroatoms. The lowest BCUT2D eigenvalue weighted by Gasteiger charge is -2.10. The van der Waals surface area contributed by atoms with Crippen LogP contribution in [0, 0.1) is 11.7 Å². The van der Waals surface area contributed by atoms with Crippen molar-refractivity contribution in [1.29, 1.82) is 0 Å². The summed E-state index contributed by atoms with van der Waals surface area (Å²) >= 11 is 0. The fourth-order valence-electron chi connectivity index (χ4n) is 1.29. The van der Waals surface area contributed by atoms with Gasteiger partial charge < -0.3 is 5.11 Å². The summed E-state index contributed by atoms with van der Waals surface area (Å²) in [6.07, 6.45) is 1.78. The molecule has 1 nitrogen and oxygen atoms in total. The molecular weight excluding hydrogens is 167 g/mol. The van der Waals surface area contributed by atoms with Gasteiger partial charge in [0.15, 0.2) is 0 Å². The first-order valence-corrected chi connectivity index (χ1v) is 4.61. The van der Waals surface area contributed by atoms with Crippen LogP contribution in [0.25, 0.3) is 0 Å². The van der Waals surface area contributed by atoms with Gasteiger partial charge in [0.2, 0.25) is 0 Å². The molecule has 0 spiro atoms. The van der Waals surface area contributed by atoms with Crippen LogP contribution < -0.4 is 0 Å². The number of hydrogen-bond donors (Lipinski definition) is 1. The summed E-state index contributed by atoms with van der Waals surface area (Å²) in [5.74, 6) is 0.0891. The smallest absolute Gasteiger partial charge is 0.123 e. The highest BCUT2D eigenvalue weighted by atomic mass is 19.1. The molecule has 1 atom stereocenters. The van der Waals surface area contributed by atoms with E-state index >= 15 is 0 Å². The van der Waals surface area contributed by atoms with Gasteiger partial charge in [-0.25, -0.2) is 4.39 Å². The molecule has 1 unspecified atom stereocenters. The Labute approximate surface area is 78.2 Å². The minimum atomic E-state index is -0.208. The van der Waals surface area contributed by atoms with E-state index in [4.69, 9.17) is 5.11 Å². The minimum Gasteiger partial charge on any atom is -0.396 e. The van der Waals surface area contributed by atoms with Crippen LogP contribution >= 0.6 is 0 Å². The van der Waals surface area contributed by atoms with Crippen molar-refractivity contribution in [3.63, 3.8) is 0 Å². The number of rotatable bonds is 4. The Morgan fingerprint density at radius 3 is 2.38 bits per heavy atom. The van der Waals surface area contributed by atoms with E-state index in [1.54, 1.807) is 12.1 Å². The van der Waals surface area contributed by atoms with E-state index in [2.05, 4.69) is 0 Å². The average molecular weight is 182 g/mol. The second-order valence-corrected chi connectivity index (χ2v) is 3.29. The Hall–Kier alpha value is -0.890. The van der Waals surface area contributed by atoms with Crippen molar-refractivity contribution in [2.45, 2.75) is 19.8 Å². The van der Waals surface area contributed by atoms with Crippen molar-refractivity contribution in [1.82, 2.24) is 0 Å². The summed E-state index contributed by atoms with van der Waals surface area (Å²) < 4.78 is 12.5. The van der Waals surface area contributed by atoms with Crippen LogP contribution in [0.5, 0.6) is 0 Å². The predicted octanol–water partition coefficient (Wildman–Crippen LogP) is 2.39. The van der Waals surface area contributed by atoms with Crippen molar-refractivity contribution in [3.05, 3.63) is 35.6 Å². The molecule has 0 heterocycles. The molecule has 1 rings (SSSR count). The van der Waals surface area contributed by atoms with Gasteiger partial charge in [0.1, 0.15) is 5.82 Å². The third-order valence-electron chi connectivity index (χ3n) is 2.27. The normalized spacial score (nSPS) is 12.8. The van der Waals surface area contributed by atoms with E-state index in [-0.39, 0.29) is 12.4 Å². The van der Waals surface area contributed by atoms with E-state index in [1.807, 2.05) is 6.92 Å². The predicted molar refractivity (Wildman–Crippen MR) is 51.0 cm³/mol. The number of halogens is 1. The molecule has 0 aliphatic carbocycles. The summed E-state index contributed by atoms with van der Waals surface area (Å²) in [6, 6.07) is 6.46. The quantitative estimate of drug-likeness (QED) is 0.758. The molecule has 72 valence electrons. The largest absolute Gasteiger partial charge is 0.396 e. The van der Waals surface area contributed by atoms with E-state index in [0.717, 1.165) is 18.4 Å². The van der Waals surface area contributed by atoms with Gasteiger partial charge in [0.25, 0.3) is 0 Å². The molecule has 13 heavy (non-hydrogen) atoms. The Morgan fingerprint density at radius 2 is 1.92 bits per heavy atom. The van der Waals surface area contributed by atoms with E-state index in [9.17, 15) is 4.39 Å². The highest BCUT2D eigenvalue weighted by Gasteiger charge is 2.05. The zero-order valence-corrected chi connectivity index (χ0v) is 7.83. The summed E-state index contributed by atoms with van der Waals surface area (Å²) in [5.41, 5.74) is 1.09. The SMILES string of the molecule is CCC(CO)Cc1ccc(F)cc1. The topological polar surface area (TPSA) is 20.2 Å². The number of aliphatic hydroxyl groups excluding tert-OH is 1. The van der Waals surface area contributed by atoms with E-state index in [0.29, 0.717) is 5.92 Å². The number of aliphatic hydroxyl groups is 1. The third-order valence-corrected chi connectivity index (χ3v) is 2.27. The van der Waals surface area contributed by atoms with Crippen molar-refractivity contribution in [2.24, 2.45) is 5.92 Å². The fourth-order valence-corrected chi connectivity index (χ4v) is 1.29. The van der Waals surface area contributed by atoms with Crippen LogP contribution in [0.3, 0.4) is 0 Å². The van der Waals surface area contributed by atoms with Crippen LogP contribution in [0.4, 0.5) is 4.39 Å². The Bertz CT molecular complexity index is 239. The molecule has 0 aliphatic heterocycles. The van der Waals surface area contributed by atoms with Crippen LogP contribution in [-0.4, -0.2) is 11.7 Å². The van der Waals surface area contributed by atoms with Crippen molar-refractivity contribution < 1.29 is 9.50 Å². The van der Waals surface area contributed by atoms with Gasteiger partial charge in [-0.05, 0) is 30.0 Å². The molecule has 1 aromatic rings. The molecule has 0 radical (unpaired) electrons. The molecule has 0 saturated carbocycles. The van der Waals surface area contributed by atoms with Gasteiger partial charge in [-0.2, -0.15) is 0 Å². The first kappa shape index (κ1) is 10.2. The molecule has 1 N–H and O–H groups in total. The van der Waals surface area contributed by atoms with Gasteiger partial charge in [-0.3, -0.25) is 0 Å². The zero-order valence-electron chi connectivity index (χ0n) is 7.83. The number of benzene rings is 1. The standard InChI is InChI=1S/C11H15FO/c1-2-9(8-13)7-10-3-5-11(12)6-4-10/h3-6,9,13H,2,7-8H2,1H3. The molecule has 0 amide bonds. The molecule has 0 fully saturated rings. The zero-order chi connectivity index (χ0) is 9.68. The molecular formula is C11H15FO. The van der Waals surface area contributed by atoms with E-state index in [1.165, 1.54) is 12.1 Å². The Balaban J connectivity index is 2.58. The first-order chi connectivity index (χ1) is 6.26. The van der Waals surface area contributed by atoms with Gasteiger partial charge in [-0.15, -0.1) is 0 Å². The monoisotopic (exact) mass is 182 g/mol. The second kappa shape index (κ2) is 4.97. The minimum absolute atomic E-state index is 0.202. The Morgan fingerprint density at radius 1 is 1.31 bits per heavy atom. The van der Waals surface area contributed by atoms with Crippen LogP contribution in [-0.2, 0) is 6.42 Å². The lowest BCUT2D eigenvalue weighted by Crippen LogP contribution is -2.07. The van der Waals surface area contributed by atoms with Gasteiger partial charge in [-0.1, -0.05) is 25.5 Å². The second-order valence-electron chi connectivity index (χ2n) is 3.29. The molecule has 1 aromatic carbocycles. The third kappa shape index (κ3) is 3.15. The summed E-state index contributed by atoms with van der Waals surface area (Å²) in [5, 5.41) is 8.97. The Kier molecular flexibility index (Phi) is 3.90.